The number of fused-ring (bicyclic) bond motifs is 3. The Labute approximate surface area is 201 Å². The lowest BCUT2D eigenvalue weighted by Gasteiger charge is -2.25. The molecular formula is C28H23NO6. The summed E-state index contributed by atoms with van der Waals surface area (Å²) in [5, 5.41) is 0.451. The summed E-state index contributed by atoms with van der Waals surface area (Å²) in [5.74, 6) is 1.76. The highest BCUT2D eigenvalue weighted by molar-refractivity contribution is 5.99. The fourth-order valence-corrected chi connectivity index (χ4v) is 4.71. The van der Waals surface area contributed by atoms with Gasteiger partial charge in [-0.25, -0.2) is 0 Å². The fraction of sp³-hybridized carbons (Fsp3) is 0.214. The van der Waals surface area contributed by atoms with Crippen LogP contribution in [0.3, 0.4) is 0 Å². The van der Waals surface area contributed by atoms with Gasteiger partial charge in [0.25, 0.3) is 5.91 Å². The molecule has 1 aromatic heterocycles. The Bertz CT molecular complexity index is 1510. The molecule has 7 heteroatoms. The van der Waals surface area contributed by atoms with Gasteiger partial charge in [0.2, 0.25) is 12.6 Å². The Morgan fingerprint density at radius 3 is 2.71 bits per heavy atom. The zero-order valence-electron chi connectivity index (χ0n) is 19.2. The van der Waals surface area contributed by atoms with E-state index in [1.807, 2.05) is 49.4 Å². The highest BCUT2D eigenvalue weighted by Crippen LogP contribution is 2.41. The zero-order chi connectivity index (χ0) is 23.9. The van der Waals surface area contributed by atoms with Gasteiger partial charge in [-0.3, -0.25) is 9.59 Å². The summed E-state index contributed by atoms with van der Waals surface area (Å²) in [5.41, 5.74) is 2.19. The predicted octanol–water partition coefficient (Wildman–Crippen LogP) is 5.06. The molecule has 0 spiro atoms. The van der Waals surface area contributed by atoms with Crippen LogP contribution in [0.1, 0.15) is 46.6 Å². The van der Waals surface area contributed by atoms with Gasteiger partial charge in [-0.15, -0.1) is 0 Å². The van der Waals surface area contributed by atoms with Crippen LogP contribution in [0, 0.1) is 0 Å². The molecule has 6 rings (SSSR count). The summed E-state index contributed by atoms with van der Waals surface area (Å²) in [4.78, 5) is 29.0. The first-order chi connectivity index (χ1) is 17.1. The minimum atomic E-state index is -0.617. The molecule has 0 N–H and O–H groups in total. The normalized spacial score (nSPS) is 16.1. The third-order valence-corrected chi connectivity index (χ3v) is 6.31. The summed E-state index contributed by atoms with van der Waals surface area (Å²) in [7, 11) is 0. The van der Waals surface area contributed by atoms with Gasteiger partial charge in [-0.2, -0.15) is 0 Å². The van der Waals surface area contributed by atoms with E-state index in [1.54, 1.807) is 29.2 Å². The first-order valence-electron chi connectivity index (χ1n) is 11.6. The van der Waals surface area contributed by atoms with Gasteiger partial charge in [0.1, 0.15) is 11.3 Å². The van der Waals surface area contributed by atoms with E-state index in [-0.39, 0.29) is 30.4 Å². The Kier molecular flexibility index (Phi) is 5.17. The number of carbonyl (C=O) groups excluding carboxylic acids is 1. The first-order valence-corrected chi connectivity index (χ1v) is 11.6. The van der Waals surface area contributed by atoms with E-state index in [0.717, 1.165) is 17.5 Å². The number of benzene rings is 3. The number of para-hydroxylation sites is 1. The molecule has 0 aliphatic carbocycles. The quantitative estimate of drug-likeness (QED) is 0.393. The topological polar surface area (TPSA) is 78.2 Å². The first kappa shape index (κ1) is 21.3. The van der Waals surface area contributed by atoms with Gasteiger partial charge in [0.15, 0.2) is 16.9 Å². The molecular weight excluding hydrogens is 446 g/mol. The molecule has 0 fully saturated rings. The average molecular weight is 469 g/mol. The summed E-state index contributed by atoms with van der Waals surface area (Å²) < 4.78 is 22.8. The molecule has 4 aromatic rings. The van der Waals surface area contributed by atoms with E-state index in [4.69, 9.17) is 18.6 Å². The molecule has 1 amide bonds. The Morgan fingerprint density at radius 2 is 1.83 bits per heavy atom. The van der Waals surface area contributed by atoms with Crippen molar-refractivity contribution in [2.24, 2.45) is 0 Å². The molecule has 35 heavy (non-hydrogen) atoms. The van der Waals surface area contributed by atoms with Crippen LogP contribution in [0.5, 0.6) is 17.2 Å². The van der Waals surface area contributed by atoms with E-state index in [9.17, 15) is 9.59 Å². The van der Waals surface area contributed by atoms with Crippen molar-refractivity contribution in [1.29, 1.82) is 0 Å². The van der Waals surface area contributed by atoms with Crippen molar-refractivity contribution in [3.63, 3.8) is 0 Å². The van der Waals surface area contributed by atoms with Gasteiger partial charge in [-0.1, -0.05) is 37.3 Å². The maximum Gasteiger partial charge on any atom is 0.291 e. The van der Waals surface area contributed by atoms with Gasteiger partial charge >= 0.3 is 0 Å². The van der Waals surface area contributed by atoms with Crippen LogP contribution in [0.15, 0.2) is 75.9 Å². The van der Waals surface area contributed by atoms with E-state index in [1.165, 1.54) is 0 Å². The maximum absolute atomic E-state index is 13.7. The summed E-state index contributed by atoms with van der Waals surface area (Å²) in [6.07, 6.45) is 0.876. The van der Waals surface area contributed by atoms with Crippen LogP contribution in [-0.2, 0) is 6.54 Å². The Balaban J connectivity index is 1.49. The molecule has 0 radical (unpaired) electrons. The lowest BCUT2D eigenvalue weighted by atomic mass is 9.98. The molecule has 0 saturated carbocycles. The van der Waals surface area contributed by atoms with Crippen LogP contribution >= 0.6 is 0 Å². The van der Waals surface area contributed by atoms with Gasteiger partial charge in [0.05, 0.1) is 23.6 Å². The standard InChI is InChI=1S/C28H23NO6/c1-2-12-32-19-7-5-6-18(14-19)25-24-26(30)20-8-3-4-9-21(20)35-27(24)28(31)29(25)15-17-10-11-22-23(13-17)34-16-33-22/h3-11,13-14,25H,2,12,15-16H2,1H3/t25-/m0/s1. The Morgan fingerprint density at radius 1 is 0.971 bits per heavy atom. The van der Waals surface area contributed by atoms with E-state index in [2.05, 4.69) is 0 Å². The van der Waals surface area contributed by atoms with Crippen molar-refractivity contribution < 1.29 is 23.4 Å². The molecule has 3 heterocycles. The van der Waals surface area contributed by atoms with Crippen LogP contribution in [0.25, 0.3) is 11.0 Å². The van der Waals surface area contributed by atoms with E-state index < -0.39 is 6.04 Å². The van der Waals surface area contributed by atoms with Gasteiger partial charge in [0, 0.05) is 6.54 Å². The predicted molar refractivity (Wildman–Crippen MR) is 129 cm³/mol. The molecule has 3 aromatic carbocycles. The number of carbonyl (C=O) groups is 1. The van der Waals surface area contributed by atoms with Gasteiger partial charge < -0.3 is 23.5 Å². The lowest BCUT2D eigenvalue weighted by Crippen LogP contribution is -2.29. The van der Waals surface area contributed by atoms with Gasteiger partial charge in [-0.05, 0) is 53.9 Å². The van der Waals surface area contributed by atoms with Crippen molar-refractivity contribution in [1.82, 2.24) is 4.90 Å². The molecule has 7 nitrogen and oxygen atoms in total. The zero-order valence-corrected chi connectivity index (χ0v) is 19.2. The summed E-state index contributed by atoms with van der Waals surface area (Å²) in [6.45, 7) is 3.06. The van der Waals surface area contributed by atoms with Crippen LogP contribution in [-0.4, -0.2) is 24.2 Å². The van der Waals surface area contributed by atoms with Crippen LogP contribution < -0.4 is 19.6 Å². The van der Waals surface area contributed by atoms with Crippen molar-refractivity contribution in [2.75, 3.05) is 13.4 Å². The SMILES string of the molecule is CCCOc1cccc([C@H]2c3c(oc4ccccc4c3=O)C(=O)N2Cc2ccc3c(c2)OCO3)c1. The second kappa shape index (κ2) is 8.51. The minimum Gasteiger partial charge on any atom is -0.494 e. The number of hydrogen-bond acceptors (Lipinski definition) is 6. The summed E-state index contributed by atoms with van der Waals surface area (Å²) in [6, 6.07) is 19.5. The number of amides is 1. The third-order valence-electron chi connectivity index (χ3n) is 6.31. The second-order valence-electron chi connectivity index (χ2n) is 8.61. The minimum absolute atomic E-state index is 0.0827. The van der Waals surface area contributed by atoms with Crippen molar-refractivity contribution in [2.45, 2.75) is 25.9 Å². The number of hydrogen-bond donors (Lipinski definition) is 0. The number of rotatable bonds is 6. The van der Waals surface area contributed by atoms with E-state index in [0.29, 0.717) is 40.4 Å². The highest BCUT2D eigenvalue weighted by Gasteiger charge is 2.43. The van der Waals surface area contributed by atoms with Crippen molar-refractivity contribution >= 4 is 16.9 Å². The molecule has 1 atom stereocenters. The maximum atomic E-state index is 13.7. The molecule has 2 aliphatic heterocycles. The largest absolute Gasteiger partial charge is 0.494 e. The molecule has 0 saturated heterocycles. The van der Waals surface area contributed by atoms with Crippen LogP contribution in [0.2, 0.25) is 0 Å². The molecule has 0 unspecified atom stereocenters. The monoisotopic (exact) mass is 469 g/mol. The summed E-state index contributed by atoms with van der Waals surface area (Å²) >= 11 is 0. The smallest absolute Gasteiger partial charge is 0.291 e. The third kappa shape index (κ3) is 3.60. The van der Waals surface area contributed by atoms with Crippen molar-refractivity contribution in [3.8, 4) is 17.2 Å². The van der Waals surface area contributed by atoms with Crippen molar-refractivity contribution in [3.05, 3.63) is 99.4 Å². The molecule has 176 valence electrons. The van der Waals surface area contributed by atoms with E-state index >= 15 is 0 Å². The number of ether oxygens (including phenoxy) is 3. The molecule has 2 aliphatic rings. The number of nitrogens with zero attached hydrogens (tertiary/aromatic N) is 1. The average Bonchev–Trinajstić information content (AvgIpc) is 3.46. The second-order valence-corrected chi connectivity index (χ2v) is 8.61. The fourth-order valence-electron chi connectivity index (χ4n) is 4.71. The lowest BCUT2D eigenvalue weighted by molar-refractivity contribution is 0.0714. The highest BCUT2D eigenvalue weighted by atomic mass is 16.7. The Hall–Kier alpha value is -4.26. The molecule has 0 bridgehead atoms. The van der Waals surface area contributed by atoms with Crippen LogP contribution in [0.4, 0.5) is 0 Å².